The van der Waals surface area contributed by atoms with E-state index >= 15 is 0 Å². The second kappa shape index (κ2) is 17.3. The first-order chi connectivity index (χ1) is 27.3. The number of aromatic amines is 2. The summed E-state index contributed by atoms with van der Waals surface area (Å²) in [5.41, 5.74) is 10.2. The normalized spacial score (nSPS) is 14.6. The summed E-state index contributed by atoms with van der Waals surface area (Å²) in [6, 6.07) is 18.3. The molecule has 8 bridgehead atoms. The van der Waals surface area contributed by atoms with Crippen molar-refractivity contribution in [1.82, 2.24) is 19.9 Å². The molecule has 6 rings (SSSR count). The molecule has 0 amide bonds. The molecule has 2 aliphatic rings. The van der Waals surface area contributed by atoms with Gasteiger partial charge in [-0.2, -0.15) is 0 Å². The maximum atomic E-state index is 13.1. The minimum absolute atomic E-state index is 0.0154. The number of carbonyl (C=O) groups excluding carboxylic acids is 4. The van der Waals surface area contributed by atoms with E-state index < -0.39 is 23.9 Å². The molecule has 0 fully saturated rings. The predicted octanol–water partition coefficient (Wildman–Crippen LogP) is 6.23. The Morgan fingerprint density at radius 2 is 1.19 bits per heavy atom. The number of carbonyl (C=O) groups is 4. The standard InChI is InChI=1S/C44H48N4O8Se/c1-24-25(2)32-23-38-44(3,4)43(57-26-12-10-9-11-13-26)37(48-38)22-36-30(19-42(52)56-8)28(15-17-40(50)54-6)34(47-36)21-33-27(14-16-39(49)53-5)29(18-41(51)55-7)35(46-33)20-31(24)45-32/h9-13,20-23,43,45,47H,14-19H2,1-8H3. The molecule has 2 aliphatic heterocycles. The van der Waals surface area contributed by atoms with E-state index in [1.54, 1.807) is 0 Å². The van der Waals surface area contributed by atoms with E-state index in [4.69, 9.17) is 28.9 Å². The number of hydrogen-bond donors (Lipinski definition) is 2. The fourth-order valence-electron chi connectivity index (χ4n) is 7.33. The number of nitrogens with zero attached hydrogens (tertiary/aromatic N) is 2. The van der Waals surface area contributed by atoms with Crippen molar-refractivity contribution in [2.24, 2.45) is 0 Å². The Labute approximate surface area is 338 Å². The maximum absolute atomic E-state index is 13.1. The summed E-state index contributed by atoms with van der Waals surface area (Å²) in [6.45, 7) is 8.56. The number of H-pyrrole nitrogens is 2. The number of nitrogens with one attached hydrogen (secondary N) is 2. The summed E-state index contributed by atoms with van der Waals surface area (Å²) in [5, 5.41) is 0. The zero-order valence-corrected chi connectivity index (χ0v) is 35.3. The second-order valence-electron chi connectivity index (χ2n) is 14.6. The summed E-state index contributed by atoms with van der Waals surface area (Å²) >= 11 is -0.0318. The topological polar surface area (TPSA) is 163 Å². The molecule has 1 aromatic carbocycles. The van der Waals surface area contributed by atoms with Gasteiger partial charge in [0.25, 0.3) is 0 Å². The molecule has 12 nitrogen and oxygen atoms in total. The number of allylic oxidation sites excluding steroid dienone is 1. The first-order valence-electron chi connectivity index (χ1n) is 18.7. The predicted molar refractivity (Wildman–Crippen MR) is 219 cm³/mol. The molecule has 0 spiro atoms. The monoisotopic (exact) mass is 840 g/mol. The van der Waals surface area contributed by atoms with Gasteiger partial charge in [-0.25, -0.2) is 0 Å². The Morgan fingerprint density at radius 3 is 1.84 bits per heavy atom. The molecule has 0 aliphatic carbocycles. The van der Waals surface area contributed by atoms with Crippen molar-refractivity contribution >= 4 is 76.5 Å². The van der Waals surface area contributed by atoms with Crippen LogP contribution in [-0.4, -0.2) is 87.2 Å². The third kappa shape index (κ3) is 8.74. The van der Waals surface area contributed by atoms with E-state index in [0.717, 1.165) is 33.5 Å². The molecule has 57 heavy (non-hydrogen) atoms. The molecule has 1 unspecified atom stereocenters. The van der Waals surface area contributed by atoms with Crippen LogP contribution in [0.15, 0.2) is 54.6 Å². The van der Waals surface area contributed by atoms with Gasteiger partial charge >= 0.3 is 306 Å². The van der Waals surface area contributed by atoms with Crippen LogP contribution in [0.1, 0.15) is 89.4 Å². The number of hydrogen-bond acceptors (Lipinski definition) is 10. The van der Waals surface area contributed by atoms with Gasteiger partial charge in [0.05, 0.1) is 14.2 Å². The summed E-state index contributed by atoms with van der Waals surface area (Å²) < 4.78 is 21.6. The van der Waals surface area contributed by atoms with Crippen molar-refractivity contribution in [2.45, 2.75) is 76.5 Å². The summed E-state index contributed by atoms with van der Waals surface area (Å²) in [7, 11) is 5.35. The zero-order valence-electron chi connectivity index (χ0n) is 33.6. The van der Waals surface area contributed by atoms with Crippen molar-refractivity contribution in [1.29, 1.82) is 0 Å². The van der Waals surface area contributed by atoms with E-state index in [2.05, 4.69) is 61.1 Å². The molecular formula is C44H48N4O8Se. The quantitative estimate of drug-likeness (QED) is 0.0951. The van der Waals surface area contributed by atoms with Crippen molar-refractivity contribution in [3.05, 3.63) is 99.6 Å². The number of methoxy groups -OCH3 is 4. The number of esters is 4. The number of ether oxygens (including phenoxy) is 4. The Hall–Kier alpha value is -5.52. The number of aromatic nitrogens is 4. The van der Waals surface area contributed by atoms with Crippen molar-refractivity contribution in [3.8, 4) is 0 Å². The first-order valence-corrected chi connectivity index (χ1v) is 20.6. The van der Waals surface area contributed by atoms with Gasteiger partial charge in [-0.15, -0.1) is 0 Å². The third-order valence-electron chi connectivity index (χ3n) is 10.8. The van der Waals surface area contributed by atoms with Crippen molar-refractivity contribution in [2.75, 3.05) is 28.4 Å². The second-order valence-corrected chi connectivity index (χ2v) is 17.1. The van der Waals surface area contributed by atoms with Gasteiger partial charge in [0.1, 0.15) is 0 Å². The molecule has 0 radical (unpaired) electrons. The van der Waals surface area contributed by atoms with Gasteiger partial charge in [-0.3, -0.25) is 9.59 Å². The van der Waals surface area contributed by atoms with Crippen LogP contribution in [0.5, 0.6) is 0 Å². The fraction of sp³-hybridized carbons (Fsp3) is 0.364. The summed E-state index contributed by atoms with van der Waals surface area (Å²) in [5.74, 6) is -1.73. The van der Waals surface area contributed by atoms with Gasteiger partial charge in [0.15, 0.2) is 0 Å². The Kier molecular flexibility index (Phi) is 12.5. The van der Waals surface area contributed by atoms with Crippen LogP contribution in [0.25, 0.3) is 33.2 Å². The summed E-state index contributed by atoms with van der Waals surface area (Å²) in [4.78, 5) is 68.9. The van der Waals surface area contributed by atoms with Gasteiger partial charge in [0, 0.05) is 0 Å². The number of rotatable bonds is 12. The molecular weight excluding hydrogens is 791 g/mol. The zero-order chi connectivity index (χ0) is 41.0. The number of benzene rings is 1. The Bertz CT molecular complexity index is 2430. The van der Waals surface area contributed by atoms with Crippen LogP contribution >= 0.6 is 0 Å². The molecule has 0 saturated heterocycles. The van der Waals surface area contributed by atoms with Crippen LogP contribution in [-0.2, 0) is 56.4 Å². The molecule has 298 valence electrons. The Morgan fingerprint density at radius 1 is 0.649 bits per heavy atom. The molecule has 3 aromatic heterocycles. The average Bonchev–Trinajstić information content (AvgIpc) is 3.85. The van der Waals surface area contributed by atoms with Gasteiger partial charge in [0.2, 0.25) is 0 Å². The first kappa shape index (κ1) is 41.1. The fourth-order valence-corrected chi connectivity index (χ4v) is 9.94. The van der Waals surface area contributed by atoms with E-state index in [1.165, 1.54) is 32.9 Å². The van der Waals surface area contributed by atoms with Crippen LogP contribution in [0.4, 0.5) is 0 Å². The minimum atomic E-state index is -0.460. The van der Waals surface area contributed by atoms with E-state index in [1.807, 2.05) is 31.2 Å². The van der Waals surface area contributed by atoms with Gasteiger partial charge in [-0.1, -0.05) is 0 Å². The number of aryl methyl sites for hydroxylation is 3. The van der Waals surface area contributed by atoms with Crippen molar-refractivity contribution in [3.63, 3.8) is 0 Å². The SMILES string of the molecule is COC(=O)CCC1=C(CC(=O)OC)c2cc3[nH]c(cc4nc(cc5[nH]c(cc1n2)c(CCC(=O)OC)c5CC(=O)OC)C([Se]c1ccccc1)C4(C)C)c(C)c3C. The molecule has 0 saturated carbocycles. The molecule has 5 heterocycles. The number of fused-ring (bicyclic) bond motifs is 8. The average molecular weight is 840 g/mol. The molecule has 4 aromatic rings. The van der Waals surface area contributed by atoms with Crippen molar-refractivity contribution < 1.29 is 38.1 Å². The molecule has 13 heteroatoms. The van der Waals surface area contributed by atoms with E-state index in [0.29, 0.717) is 44.7 Å². The Balaban J connectivity index is 1.77. The molecule has 2 N–H and O–H groups in total. The summed E-state index contributed by atoms with van der Waals surface area (Å²) in [6.07, 6.45) is 0.405. The van der Waals surface area contributed by atoms with Crippen LogP contribution in [0, 0.1) is 13.8 Å². The van der Waals surface area contributed by atoms with E-state index in [-0.39, 0.29) is 63.7 Å². The van der Waals surface area contributed by atoms with Crippen LogP contribution in [0.2, 0.25) is 0 Å². The van der Waals surface area contributed by atoms with Gasteiger partial charge in [-0.05, 0) is 0 Å². The van der Waals surface area contributed by atoms with E-state index in [9.17, 15) is 19.2 Å². The van der Waals surface area contributed by atoms with Gasteiger partial charge < -0.3 is 9.47 Å². The third-order valence-corrected chi connectivity index (χ3v) is 14.2. The van der Waals surface area contributed by atoms with Crippen LogP contribution in [0.3, 0.4) is 0 Å². The molecule has 1 atom stereocenters. The van der Waals surface area contributed by atoms with Crippen LogP contribution < -0.4 is 4.46 Å².